The van der Waals surface area contributed by atoms with E-state index in [0.717, 1.165) is 30.2 Å². The number of amides is 1. The van der Waals surface area contributed by atoms with E-state index >= 15 is 0 Å². The Morgan fingerprint density at radius 1 is 1.05 bits per heavy atom. The van der Waals surface area contributed by atoms with Gasteiger partial charge in [0.15, 0.2) is 0 Å². The molecular weight excluding hydrogens is 236 g/mol. The van der Waals surface area contributed by atoms with Crippen molar-refractivity contribution in [2.24, 2.45) is 23.7 Å². The Kier molecular flexibility index (Phi) is 3.06. The Balaban J connectivity index is 1.36. The van der Waals surface area contributed by atoms with Crippen LogP contribution in [0.15, 0.2) is 0 Å². The van der Waals surface area contributed by atoms with Crippen molar-refractivity contribution in [1.82, 2.24) is 10.6 Å². The topological polar surface area (TPSA) is 41.1 Å². The van der Waals surface area contributed by atoms with Crippen LogP contribution in [0, 0.1) is 23.7 Å². The van der Waals surface area contributed by atoms with Gasteiger partial charge in [0, 0.05) is 18.5 Å². The first-order valence-electron chi connectivity index (χ1n) is 8.30. The van der Waals surface area contributed by atoms with Crippen LogP contribution in [-0.4, -0.2) is 24.5 Å². The van der Waals surface area contributed by atoms with Crippen molar-refractivity contribution in [3.63, 3.8) is 0 Å². The molecule has 0 spiro atoms. The summed E-state index contributed by atoms with van der Waals surface area (Å²) in [7, 11) is 0. The minimum Gasteiger partial charge on any atom is -0.353 e. The molecule has 0 aromatic carbocycles. The van der Waals surface area contributed by atoms with Crippen molar-refractivity contribution in [1.29, 1.82) is 0 Å². The van der Waals surface area contributed by atoms with Crippen LogP contribution in [0.5, 0.6) is 0 Å². The van der Waals surface area contributed by atoms with Crippen LogP contribution in [0.25, 0.3) is 0 Å². The minimum atomic E-state index is 0.303. The van der Waals surface area contributed by atoms with E-state index in [1.54, 1.807) is 0 Å². The number of rotatable bonds is 3. The summed E-state index contributed by atoms with van der Waals surface area (Å²) in [5.74, 6) is 3.89. The highest BCUT2D eigenvalue weighted by Gasteiger charge is 2.48. The predicted octanol–water partition coefficient (Wildman–Crippen LogP) is 2.07. The first-order chi connectivity index (χ1) is 9.28. The fourth-order valence-corrected chi connectivity index (χ4v) is 5.56. The number of carbonyl (C=O) groups excluding carboxylic acids is 1. The van der Waals surface area contributed by atoms with Crippen LogP contribution < -0.4 is 10.6 Å². The summed E-state index contributed by atoms with van der Waals surface area (Å²) in [5.41, 5.74) is 0. The van der Waals surface area contributed by atoms with Gasteiger partial charge in [-0.2, -0.15) is 0 Å². The van der Waals surface area contributed by atoms with Crippen molar-refractivity contribution in [2.45, 2.75) is 63.5 Å². The van der Waals surface area contributed by atoms with Crippen molar-refractivity contribution in [3.8, 4) is 0 Å². The first kappa shape index (κ1) is 12.2. The van der Waals surface area contributed by atoms with Crippen molar-refractivity contribution >= 4 is 5.91 Å². The Bertz CT molecular complexity index is 334. The standard InChI is InChI=1S/C16H26N2O/c19-15(9-14-2-1-3-17-14)18-16-12-5-10-4-11(7-12)8-13(16)6-10/h10-14,16-17H,1-9H2,(H,18,19). The number of carbonyl (C=O) groups is 1. The molecule has 4 aliphatic carbocycles. The molecule has 3 heteroatoms. The molecule has 1 atom stereocenters. The lowest BCUT2D eigenvalue weighted by molar-refractivity contribution is -0.125. The largest absolute Gasteiger partial charge is 0.353 e. The van der Waals surface area contributed by atoms with Gasteiger partial charge in [-0.25, -0.2) is 0 Å². The van der Waals surface area contributed by atoms with Crippen LogP contribution in [-0.2, 0) is 4.79 Å². The molecule has 1 aliphatic heterocycles. The van der Waals surface area contributed by atoms with Gasteiger partial charge in [-0.1, -0.05) is 0 Å². The Morgan fingerprint density at radius 2 is 1.74 bits per heavy atom. The molecule has 5 aliphatic rings. The molecule has 1 amide bonds. The zero-order valence-corrected chi connectivity index (χ0v) is 11.7. The lowest BCUT2D eigenvalue weighted by Crippen LogP contribution is -2.56. The maximum Gasteiger partial charge on any atom is 0.221 e. The van der Waals surface area contributed by atoms with E-state index in [1.807, 2.05) is 0 Å². The lowest BCUT2D eigenvalue weighted by atomic mass is 9.54. The molecule has 5 rings (SSSR count). The zero-order chi connectivity index (χ0) is 12.8. The molecule has 1 saturated heterocycles. The van der Waals surface area contributed by atoms with Gasteiger partial charge in [0.2, 0.25) is 5.91 Å². The molecule has 1 heterocycles. The number of hydrogen-bond donors (Lipinski definition) is 2. The van der Waals surface area contributed by atoms with Crippen LogP contribution in [0.4, 0.5) is 0 Å². The first-order valence-corrected chi connectivity index (χ1v) is 8.30. The van der Waals surface area contributed by atoms with Crippen molar-refractivity contribution in [2.75, 3.05) is 6.54 Å². The Morgan fingerprint density at radius 3 is 2.32 bits per heavy atom. The van der Waals surface area contributed by atoms with Gasteiger partial charge in [0.05, 0.1) is 0 Å². The van der Waals surface area contributed by atoms with E-state index in [1.165, 1.54) is 44.9 Å². The predicted molar refractivity (Wildman–Crippen MR) is 74.6 cm³/mol. The summed E-state index contributed by atoms with van der Waals surface area (Å²) in [6.45, 7) is 1.09. The van der Waals surface area contributed by atoms with E-state index in [2.05, 4.69) is 10.6 Å². The highest BCUT2D eigenvalue weighted by Crippen LogP contribution is 2.53. The van der Waals surface area contributed by atoms with Crippen LogP contribution in [0.2, 0.25) is 0 Å². The second kappa shape index (κ2) is 4.76. The molecule has 4 bridgehead atoms. The van der Waals surface area contributed by atoms with Gasteiger partial charge in [-0.15, -0.1) is 0 Å². The van der Waals surface area contributed by atoms with Gasteiger partial charge >= 0.3 is 0 Å². The quantitative estimate of drug-likeness (QED) is 0.817. The van der Waals surface area contributed by atoms with Gasteiger partial charge in [0.1, 0.15) is 0 Å². The number of nitrogens with one attached hydrogen (secondary N) is 2. The average molecular weight is 262 g/mol. The summed E-state index contributed by atoms with van der Waals surface area (Å²) in [4.78, 5) is 12.2. The fraction of sp³-hybridized carbons (Fsp3) is 0.938. The van der Waals surface area contributed by atoms with E-state index in [4.69, 9.17) is 0 Å². The second-order valence-electron chi connectivity index (χ2n) is 7.52. The SMILES string of the molecule is O=C(CC1CCCN1)NC1C2CC3CC(C2)CC1C3. The van der Waals surface area contributed by atoms with E-state index in [0.29, 0.717) is 24.4 Å². The van der Waals surface area contributed by atoms with E-state index < -0.39 is 0 Å². The van der Waals surface area contributed by atoms with Crippen molar-refractivity contribution in [3.05, 3.63) is 0 Å². The second-order valence-corrected chi connectivity index (χ2v) is 7.52. The maximum absolute atomic E-state index is 12.2. The third-order valence-electron chi connectivity index (χ3n) is 6.15. The monoisotopic (exact) mass is 262 g/mol. The highest BCUT2D eigenvalue weighted by atomic mass is 16.1. The summed E-state index contributed by atoms with van der Waals surface area (Å²) in [6, 6.07) is 0.957. The Hall–Kier alpha value is -0.570. The van der Waals surface area contributed by atoms with Gasteiger partial charge < -0.3 is 10.6 Å². The average Bonchev–Trinajstić information content (AvgIpc) is 2.85. The van der Waals surface area contributed by atoms with Crippen LogP contribution in [0.1, 0.15) is 51.4 Å². The third kappa shape index (κ3) is 2.31. The summed E-state index contributed by atoms with van der Waals surface area (Å²) in [5, 5.41) is 6.84. The molecule has 106 valence electrons. The van der Waals surface area contributed by atoms with Gasteiger partial charge in [-0.05, 0) is 75.2 Å². The molecule has 0 aromatic heterocycles. The normalized spacial score (nSPS) is 47.6. The molecular formula is C16H26N2O. The zero-order valence-electron chi connectivity index (χ0n) is 11.7. The molecule has 0 aromatic rings. The highest BCUT2D eigenvalue weighted by molar-refractivity contribution is 5.77. The summed E-state index contributed by atoms with van der Waals surface area (Å²) in [6.07, 6.45) is 10.1. The molecule has 5 fully saturated rings. The lowest BCUT2D eigenvalue weighted by Gasteiger charge is -2.54. The van der Waals surface area contributed by atoms with E-state index in [9.17, 15) is 4.79 Å². The molecule has 4 saturated carbocycles. The molecule has 19 heavy (non-hydrogen) atoms. The minimum absolute atomic E-state index is 0.303. The van der Waals surface area contributed by atoms with E-state index in [-0.39, 0.29) is 0 Å². The molecule has 0 radical (unpaired) electrons. The van der Waals surface area contributed by atoms with Gasteiger partial charge in [-0.3, -0.25) is 4.79 Å². The van der Waals surface area contributed by atoms with Gasteiger partial charge in [0.25, 0.3) is 0 Å². The molecule has 1 unspecified atom stereocenters. The third-order valence-corrected chi connectivity index (χ3v) is 6.15. The van der Waals surface area contributed by atoms with Crippen LogP contribution >= 0.6 is 0 Å². The number of hydrogen-bond acceptors (Lipinski definition) is 2. The summed E-state index contributed by atoms with van der Waals surface area (Å²) >= 11 is 0. The summed E-state index contributed by atoms with van der Waals surface area (Å²) < 4.78 is 0. The van der Waals surface area contributed by atoms with Crippen LogP contribution in [0.3, 0.4) is 0 Å². The fourth-order valence-electron chi connectivity index (χ4n) is 5.56. The molecule has 3 nitrogen and oxygen atoms in total. The van der Waals surface area contributed by atoms with Crippen molar-refractivity contribution < 1.29 is 4.79 Å². The maximum atomic E-state index is 12.2. The molecule has 2 N–H and O–H groups in total. The smallest absolute Gasteiger partial charge is 0.221 e. The Labute approximate surface area is 115 Å².